The number of nitrogens with zero attached hydrogens (tertiary/aromatic N) is 3. The van der Waals surface area contributed by atoms with Crippen LogP contribution in [0.2, 0.25) is 5.02 Å². The number of rotatable bonds is 5. The fourth-order valence-corrected chi connectivity index (χ4v) is 3.87. The second-order valence-corrected chi connectivity index (χ2v) is 9.21. The van der Waals surface area contributed by atoms with Crippen molar-refractivity contribution < 1.29 is 4.79 Å². The standard InChI is InChI=1S/C21H27N7.C7H5ClO/c1-14-4-6-17(24-2)12-15(14)5-7-18(22)19-20(23)25-13-26-21(19)27-16-8-10-28(3)11-9-16;8-7-3-1-6(5-9)2-4-7/h4,6,12-13,16,22,24H,8-11H2,1-3H3,(H3,23,25,26,27);1-5H. The molecule has 5 N–H and O–H groups in total. The highest BCUT2D eigenvalue weighted by atomic mass is 35.5. The number of aromatic nitrogens is 2. The summed E-state index contributed by atoms with van der Waals surface area (Å²) < 4.78 is 0. The van der Waals surface area contributed by atoms with Crippen molar-refractivity contribution in [3.63, 3.8) is 0 Å². The largest absolute Gasteiger partial charge is 0.388 e. The van der Waals surface area contributed by atoms with Crippen molar-refractivity contribution in [2.75, 3.05) is 43.6 Å². The molecule has 0 amide bonds. The second kappa shape index (κ2) is 13.4. The molecule has 0 radical (unpaired) electrons. The zero-order valence-corrected chi connectivity index (χ0v) is 22.1. The summed E-state index contributed by atoms with van der Waals surface area (Å²) in [5, 5.41) is 15.7. The Morgan fingerprint density at radius 2 is 1.89 bits per heavy atom. The molecule has 8 nitrogen and oxygen atoms in total. The first kappa shape index (κ1) is 27.7. The van der Waals surface area contributed by atoms with E-state index in [9.17, 15) is 4.79 Å². The normalized spacial score (nSPS) is 13.4. The Morgan fingerprint density at radius 3 is 2.54 bits per heavy atom. The van der Waals surface area contributed by atoms with Gasteiger partial charge in [0.25, 0.3) is 0 Å². The zero-order valence-electron chi connectivity index (χ0n) is 21.3. The van der Waals surface area contributed by atoms with Crippen molar-refractivity contribution in [3.05, 3.63) is 76.1 Å². The van der Waals surface area contributed by atoms with Gasteiger partial charge in [-0.2, -0.15) is 0 Å². The van der Waals surface area contributed by atoms with Gasteiger partial charge in [-0.25, -0.2) is 9.97 Å². The lowest BCUT2D eigenvalue weighted by molar-refractivity contribution is 0.112. The van der Waals surface area contributed by atoms with Crippen LogP contribution in [0.5, 0.6) is 0 Å². The number of carbonyl (C=O) groups is 1. The van der Waals surface area contributed by atoms with Crippen molar-refractivity contribution in [2.45, 2.75) is 25.8 Å². The third-order valence-corrected chi connectivity index (χ3v) is 6.29. The predicted molar refractivity (Wildman–Crippen MR) is 152 cm³/mol. The van der Waals surface area contributed by atoms with Crippen LogP contribution >= 0.6 is 11.6 Å². The number of nitrogens with two attached hydrogens (primary N) is 1. The molecule has 9 heteroatoms. The summed E-state index contributed by atoms with van der Waals surface area (Å²) in [6.07, 6.45) is 4.26. The van der Waals surface area contributed by atoms with Gasteiger partial charge in [0.1, 0.15) is 30.0 Å². The molecule has 3 aromatic rings. The smallest absolute Gasteiger partial charge is 0.150 e. The molecule has 1 aliphatic heterocycles. The molecule has 0 aliphatic carbocycles. The monoisotopic (exact) mass is 517 g/mol. The highest BCUT2D eigenvalue weighted by Gasteiger charge is 2.20. The van der Waals surface area contributed by atoms with Crippen molar-refractivity contribution in [2.24, 2.45) is 0 Å². The Bertz CT molecular complexity index is 1290. The summed E-state index contributed by atoms with van der Waals surface area (Å²) in [6, 6.07) is 13.0. The zero-order chi connectivity index (χ0) is 26.8. The van der Waals surface area contributed by atoms with E-state index in [0.717, 1.165) is 49.0 Å². The number of aldehydes is 1. The lowest BCUT2D eigenvalue weighted by Crippen LogP contribution is -2.37. The van der Waals surface area contributed by atoms with E-state index in [1.807, 2.05) is 32.2 Å². The fourth-order valence-electron chi connectivity index (χ4n) is 3.75. The number of anilines is 3. The fraction of sp³-hybridized carbons (Fsp3) is 0.286. The van der Waals surface area contributed by atoms with Gasteiger partial charge in [-0.3, -0.25) is 10.2 Å². The number of nitrogen functional groups attached to an aromatic ring is 1. The van der Waals surface area contributed by atoms with Gasteiger partial charge in [-0.15, -0.1) is 0 Å². The number of hydrogen-bond acceptors (Lipinski definition) is 8. The summed E-state index contributed by atoms with van der Waals surface area (Å²) in [6.45, 7) is 4.07. The molecule has 1 aliphatic rings. The molecule has 0 unspecified atom stereocenters. The number of hydrogen-bond donors (Lipinski definition) is 4. The summed E-state index contributed by atoms with van der Waals surface area (Å²) in [5.41, 5.74) is 10.2. The lowest BCUT2D eigenvalue weighted by atomic mass is 10.0. The number of likely N-dealkylation sites (tertiary alicyclic amines) is 1. The van der Waals surface area contributed by atoms with Gasteiger partial charge < -0.3 is 21.3 Å². The summed E-state index contributed by atoms with van der Waals surface area (Å²) in [5.74, 6) is 6.87. The Kier molecular flexibility index (Phi) is 10.0. The van der Waals surface area contributed by atoms with Crippen molar-refractivity contribution in [1.29, 1.82) is 5.41 Å². The highest BCUT2D eigenvalue weighted by molar-refractivity contribution is 6.30. The maximum absolute atomic E-state index is 10.1. The SMILES string of the molecule is CNc1ccc(C)c(C#CC(=N)c2c(N)ncnc2NC2CCN(C)CC2)c1.O=Cc1ccc(Cl)cc1. The number of halogens is 1. The third kappa shape index (κ3) is 8.04. The second-order valence-electron chi connectivity index (χ2n) is 8.78. The average molecular weight is 518 g/mol. The maximum Gasteiger partial charge on any atom is 0.150 e. The first-order chi connectivity index (χ1) is 17.8. The Balaban J connectivity index is 0.000000356. The van der Waals surface area contributed by atoms with Crippen molar-refractivity contribution in [3.8, 4) is 11.8 Å². The minimum atomic E-state index is 0.114. The van der Waals surface area contributed by atoms with E-state index in [-0.39, 0.29) is 11.5 Å². The van der Waals surface area contributed by atoms with Gasteiger partial charge in [0, 0.05) is 34.9 Å². The highest BCUT2D eigenvalue weighted by Crippen LogP contribution is 2.22. The quantitative estimate of drug-likeness (QED) is 0.223. The van der Waals surface area contributed by atoms with Gasteiger partial charge in [0.2, 0.25) is 0 Å². The van der Waals surface area contributed by atoms with Gasteiger partial charge in [-0.05, 0) is 75.7 Å². The number of piperidine rings is 1. The Hall–Kier alpha value is -3.93. The van der Waals surface area contributed by atoms with Gasteiger partial charge in [0.15, 0.2) is 0 Å². The van der Waals surface area contributed by atoms with Crippen LogP contribution in [0.3, 0.4) is 0 Å². The molecule has 4 rings (SSSR count). The molecule has 0 atom stereocenters. The van der Waals surface area contributed by atoms with E-state index in [4.69, 9.17) is 22.7 Å². The van der Waals surface area contributed by atoms with E-state index < -0.39 is 0 Å². The van der Waals surface area contributed by atoms with E-state index in [0.29, 0.717) is 28.0 Å². The average Bonchev–Trinajstić information content (AvgIpc) is 2.90. The number of aryl methyl sites for hydroxylation is 1. The minimum Gasteiger partial charge on any atom is -0.388 e. The van der Waals surface area contributed by atoms with Gasteiger partial charge in [0.05, 0.1) is 5.56 Å². The molecular formula is C28H32ClN7O. The van der Waals surface area contributed by atoms with E-state index in [2.05, 4.69) is 44.4 Å². The van der Waals surface area contributed by atoms with Crippen LogP contribution in [0, 0.1) is 24.2 Å². The summed E-state index contributed by atoms with van der Waals surface area (Å²) in [7, 11) is 3.99. The molecule has 2 heterocycles. The van der Waals surface area contributed by atoms with Crippen LogP contribution in [0.1, 0.15) is 39.9 Å². The summed E-state index contributed by atoms with van der Waals surface area (Å²) in [4.78, 5) is 20.8. The van der Waals surface area contributed by atoms with Crippen LogP contribution in [-0.2, 0) is 0 Å². The molecule has 1 fully saturated rings. The van der Waals surface area contributed by atoms with Crippen LogP contribution in [0.4, 0.5) is 17.3 Å². The Labute approximate surface area is 223 Å². The predicted octanol–water partition coefficient (Wildman–Crippen LogP) is 4.49. The maximum atomic E-state index is 10.1. The number of nitrogens with one attached hydrogen (secondary N) is 3. The topological polar surface area (TPSA) is 120 Å². The summed E-state index contributed by atoms with van der Waals surface area (Å²) >= 11 is 5.55. The molecule has 0 saturated carbocycles. The molecule has 1 saturated heterocycles. The lowest BCUT2D eigenvalue weighted by Gasteiger charge is -2.30. The van der Waals surface area contributed by atoms with E-state index in [1.54, 1.807) is 24.3 Å². The van der Waals surface area contributed by atoms with Gasteiger partial charge in [-0.1, -0.05) is 35.7 Å². The van der Waals surface area contributed by atoms with E-state index >= 15 is 0 Å². The molecule has 0 spiro atoms. The van der Waals surface area contributed by atoms with Gasteiger partial charge >= 0.3 is 0 Å². The Morgan fingerprint density at radius 1 is 1.19 bits per heavy atom. The molecule has 0 bridgehead atoms. The molecule has 2 aromatic carbocycles. The van der Waals surface area contributed by atoms with Crippen LogP contribution in [0.15, 0.2) is 48.8 Å². The molecule has 1 aromatic heterocycles. The minimum absolute atomic E-state index is 0.114. The van der Waals surface area contributed by atoms with Crippen LogP contribution < -0.4 is 16.4 Å². The van der Waals surface area contributed by atoms with Crippen molar-refractivity contribution >= 4 is 40.9 Å². The number of benzene rings is 2. The molecule has 37 heavy (non-hydrogen) atoms. The van der Waals surface area contributed by atoms with Crippen LogP contribution in [-0.4, -0.2) is 60.1 Å². The van der Waals surface area contributed by atoms with Crippen LogP contribution in [0.25, 0.3) is 0 Å². The first-order valence-electron chi connectivity index (χ1n) is 12.0. The third-order valence-electron chi connectivity index (χ3n) is 6.04. The van der Waals surface area contributed by atoms with Crippen molar-refractivity contribution in [1.82, 2.24) is 14.9 Å². The van der Waals surface area contributed by atoms with E-state index in [1.165, 1.54) is 6.33 Å². The molecule has 192 valence electrons. The number of carbonyl (C=O) groups excluding carboxylic acids is 1. The molecular weight excluding hydrogens is 486 g/mol. The first-order valence-corrected chi connectivity index (χ1v) is 12.3.